The molecule has 0 aliphatic rings. The van der Waals surface area contributed by atoms with Crippen LogP contribution in [0.4, 0.5) is 0 Å². The molecule has 1 heterocycles. The molecular weight excluding hydrogens is 254 g/mol. The first-order chi connectivity index (χ1) is 8.54. The van der Waals surface area contributed by atoms with Gasteiger partial charge in [0.15, 0.2) is 6.04 Å². The van der Waals surface area contributed by atoms with E-state index in [1.807, 2.05) is 6.92 Å². The van der Waals surface area contributed by atoms with Crippen molar-refractivity contribution in [3.8, 4) is 0 Å². The summed E-state index contributed by atoms with van der Waals surface area (Å²) >= 11 is 1.31. The molecule has 0 saturated carbocycles. The summed E-state index contributed by atoms with van der Waals surface area (Å²) in [6.45, 7) is 2.36. The first-order valence-electron chi connectivity index (χ1n) is 5.59. The van der Waals surface area contributed by atoms with Gasteiger partial charge in [0.2, 0.25) is 5.91 Å². The molecule has 0 aliphatic carbocycles. The number of rotatable bonds is 7. The molecule has 1 aromatic rings. The highest BCUT2D eigenvalue weighted by molar-refractivity contribution is 7.10. The lowest BCUT2D eigenvalue weighted by atomic mass is 10.1. The molecule has 18 heavy (non-hydrogen) atoms. The van der Waals surface area contributed by atoms with Gasteiger partial charge in [-0.3, -0.25) is 4.79 Å². The summed E-state index contributed by atoms with van der Waals surface area (Å²) in [5, 5.41) is 13.4. The number of aliphatic carboxylic acids is 1. The van der Waals surface area contributed by atoms with Crippen molar-refractivity contribution in [2.75, 3.05) is 13.7 Å². The summed E-state index contributed by atoms with van der Waals surface area (Å²) in [7, 11) is 1.57. The van der Waals surface area contributed by atoms with Gasteiger partial charge in [-0.15, -0.1) is 11.3 Å². The summed E-state index contributed by atoms with van der Waals surface area (Å²) in [4.78, 5) is 23.4. The molecule has 2 unspecified atom stereocenters. The molecule has 0 bridgehead atoms. The molecule has 100 valence electrons. The zero-order chi connectivity index (χ0) is 13.5. The normalized spacial score (nSPS) is 13.9. The zero-order valence-corrected chi connectivity index (χ0v) is 11.2. The summed E-state index contributed by atoms with van der Waals surface area (Å²) in [6.07, 6.45) is 0.253. The first-order valence-corrected chi connectivity index (χ1v) is 6.47. The van der Waals surface area contributed by atoms with Gasteiger partial charge in [-0.1, -0.05) is 13.0 Å². The van der Waals surface area contributed by atoms with E-state index in [9.17, 15) is 9.59 Å². The van der Waals surface area contributed by atoms with Crippen molar-refractivity contribution < 1.29 is 19.4 Å². The Kier molecular flexibility index (Phi) is 5.80. The average molecular weight is 271 g/mol. The summed E-state index contributed by atoms with van der Waals surface area (Å²) in [5.41, 5.74) is 0. The van der Waals surface area contributed by atoms with Gasteiger partial charge >= 0.3 is 5.97 Å². The summed E-state index contributed by atoms with van der Waals surface area (Å²) < 4.78 is 4.93. The molecule has 5 nitrogen and oxygen atoms in total. The molecule has 0 fully saturated rings. The Morgan fingerprint density at radius 2 is 2.28 bits per heavy atom. The van der Waals surface area contributed by atoms with Crippen LogP contribution >= 0.6 is 11.3 Å². The van der Waals surface area contributed by atoms with E-state index in [0.29, 0.717) is 11.5 Å². The quantitative estimate of drug-likeness (QED) is 0.791. The smallest absolute Gasteiger partial charge is 0.331 e. The number of carboxylic acid groups (broad SMARTS) is 1. The van der Waals surface area contributed by atoms with Crippen molar-refractivity contribution in [3.05, 3.63) is 22.4 Å². The molecular formula is C12H17NO4S. The standard InChI is InChI=1S/C12H17NO4S/c1-8(7-17-2)6-10(14)13-11(12(15)16)9-4-3-5-18-9/h3-5,8,11H,6-7H2,1-2H3,(H,13,14)(H,15,16). The summed E-state index contributed by atoms with van der Waals surface area (Å²) in [6, 6.07) is 2.49. The number of methoxy groups -OCH3 is 1. The Hall–Kier alpha value is -1.40. The van der Waals surface area contributed by atoms with Gasteiger partial charge in [0.1, 0.15) is 0 Å². The van der Waals surface area contributed by atoms with Crippen LogP contribution < -0.4 is 5.32 Å². The fourth-order valence-corrected chi connectivity index (χ4v) is 2.36. The number of hydrogen-bond acceptors (Lipinski definition) is 4. The molecule has 0 saturated heterocycles. The lowest BCUT2D eigenvalue weighted by Crippen LogP contribution is -2.34. The van der Waals surface area contributed by atoms with Gasteiger partial charge in [-0.25, -0.2) is 4.79 Å². The predicted octanol–water partition coefficient (Wildman–Crippen LogP) is 1.66. The average Bonchev–Trinajstić information content (AvgIpc) is 2.78. The molecule has 0 aliphatic heterocycles. The van der Waals surface area contributed by atoms with E-state index in [1.165, 1.54) is 11.3 Å². The minimum atomic E-state index is -1.05. The Labute approximate surface area is 110 Å². The van der Waals surface area contributed by atoms with Crippen LogP contribution in [0.5, 0.6) is 0 Å². The molecule has 2 atom stereocenters. The Balaban J connectivity index is 2.57. The van der Waals surface area contributed by atoms with Crippen LogP contribution in [-0.4, -0.2) is 30.7 Å². The highest BCUT2D eigenvalue weighted by Gasteiger charge is 2.23. The largest absolute Gasteiger partial charge is 0.479 e. The van der Waals surface area contributed by atoms with Crippen LogP contribution in [-0.2, 0) is 14.3 Å². The maximum Gasteiger partial charge on any atom is 0.331 e. The van der Waals surface area contributed by atoms with Crippen LogP contribution in [0.3, 0.4) is 0 Å². The molecule has 1 amide bonds. The number of nitrogens with one attached hydrogen (secondary N) is 1. The molecule has 0 aromatic carbocycles. The van der Waals surface area contributed by atoms with Crippen LogP contribution in [0.25, 0.3) is 0 Å². The van der Waals surface area contributed by atoms with E-state index in [2.05, 4.69) is 5.32 Å². The van der Waals surface area contributed by atoms with Gasteiger partial charge in [0.05, 0.1) is 0 Å². The van der Waals surface area contributed by atoms with Gasteiger partial charge in [-0.05, 0) is 17.4 Å². The lowest BCUT2D eigenvalue weighted by molar-refractivity contribution is -0.142. The zero-order valence-electron chi connectivity index (χ0n) is 10.4. The fourth-order valence-electron chi connectivity index (χ4n) is 1.59. The van der Waals surface area contributed by atoms with E-state index in [-0.39, 0.29) is 18.2 Å². The molecule has 1 aromatic heterocycles. The van der Waals surface area contributed by atoms with Crippen molar-refractivity contribution >= 4 is 23.2 Å². The van der Waals surface area contributed by atoms with Crippen LogP contribution in [0.15, 0.2) is 17.5 Å². The number of ether oxygens (including phenoxy) is 1. The van der Waals surface area contributed by atoms with Crippen molar-refractivity contribution in [1.82, 2.24) is 5.32 Å². The Morgan fingerprint density at radius 1 is 1.56 bits per heavy atom. The van der Waals surface area contributed by atoms with Gasteiger partial charge in [-0.2, -0.15) is 0 Å². The minimum Gasteiger partial charge on any atom is -0.479 e. The topological polar surface area (TPSA) is 75.6 Å². The Bertz CT molecular complexity index is 391. The molecule has 2 N–H and O–H groups in total. The lowest BCUT2D eigenvalue weighted by Gasteiger charge is -2.15. The van der Waals surface area contributed by atoms with Crippen LogP contribution in [0.1, 0.15) is 24.3 Å². The second-order valence-electron chi connectivity index (χ2n) is 4.12. The van der Waals surface area contributed by atoms with Crippen molar-refractivity contribution in [3.63, 3.8) is 0 Å². The highest BCUT2D eigenvalue weighted by Crippen LogP contribution is 2.19. The maximum absolute atomic E-state index is 11.7. The fraction of sp³-hybridized carbons (Fsp3) is 0.500. The maximum atomic E-state index is 11.7. The van der Waals surface area contributed by atoms with E-state index >= 15 is 0 Å². The van der Waals surface area contributed by atoms with E-state index in [1.54, 1.807) is 24.6 Å². The van der Waals surface area contributed by atoms with E-state index in [0.717, 1.165) is 0 Å². The third-order valence-electron chi connectivity index (χ3n) is 2.37. The van der Waals surface area contributed by atoms with Crippen LogP contribution in [0, 0.1) is 5.92 Å². The number of amides is 1. The number of carboxylic acids is 1. The van der Waals surface area contributed by atoms with Crippen molar-refractivity contribution in [2.45, 2.75) is 19.4 Å². The second-order valence-corrected chi connectivity index (χ2v) is 5.10. The van der Waals surface area contributed by atoms with E-state index < -0.39 is 12.0 Å². The predicted molar refractivity (Wildman–Crippen MR) is 68.5 cm³/mol. The van der Waals surface area contributed by atoms with E-state index in [4.69, 9.17) is 9.84 Å². The molecule has 6 heteroatoms. The van der Waals surface area contributed by atoms with Gasteiger partial charge in [0, 0.05) is 25.0 Å². The molecule has 0 radical (unpaired) electrons. The monoisotopic (exact) mass is 271 g/mol. The van der Waals surface area contributed by atoms with Crippen molar-refractivity contribution in [1.29, 1.82) is 0 Å². The second kappa shape index (κ2) is 7.13. The van der Waals surface area contributed by atoms with Gasteiger partial charge in [0.25, 0.3) is 0 Å². The van der Waals surface area contributed by atoms with Crippen molar-refractivity contribution in [2.24, 2.45) is 5.92 Å². The number of carbonyl (C=O) groups is 2. The number of carbonyl (C=O) groups excluding carboxylic acids is 1. The third-order valence-corrected chi connectivity index (χ3v) is 3.30. The first kappa shape index (κ1) is 14.7. The minimum absolute atomic E-state index is 0.0628. The summed E-state index contributed by atoms with van der Waals surface area (Å²) in [5.74, 6) is -1.27. The molecule has 1 rings (SSSR count). The number of hydrogen-bond donors (Lipinski definition) is 2. The third kappa shape index (κ3) is 4.46. The van der Waals surface area contributed by atoms with Crippen LogP contribution in [0.2, 0.25) is 0 Å². The number of thiophene rings is 1. The van der Waals surface area contributed by atoms with Gasteiger partial charge < -0.3 is 15.2 Å². The highest BCUT2D eigenvalue weighted by atomic mass is 32.1. The molecule has 0 spiro atoms. The SMILES string of the molecule is COCC(C)CC(=O)NC(C(=O)O)c1cccs1. The Morgan fingerprint density at radius 3 is 2.78 bits per heavy atom.